The largest absolute Gasteiger partial charge is 1.00 e. The molecule has 0 aromatic rings. The van der Waals surface area contributed by atoms with E-state index in [4.69, 9.17) is 5.73 Å². The van der Waals surface area contributed by atoms with Crippen molar-refractivity contribution in [3.63, 3.8) is 0 Å². The van der Waals surface area contributed by atoms with Crippen molar-refractivity contribution in [3.8, 4) is 0 Å². The first-order valence-electron chi connectivity index (χ1n) is 1.45. The zero-order chi connectivity index (χ0) is 3.41. The quantitative estimate of drug-likeness (QED) is 0.266. The van der Waals surface area contributed by atoms with Crippen LogP contribution in [0.3, 0.4) is 0 Å². The van der Waals surface area contributed by atoms with Crippen LogP contribution in [-0.2, 0) is 0 Å². The van der Waals surface area contributed by atoms with E-state index in [9.17, 15) is 0 Å². The van der Waals surface area contributed by atoms with Crippen LogP contribution in [0.15, 0.2) is 0 Å². The standard InChI is InChI=1S/C3H8N.Li/c1-2-3-4;/h3H,2,4H2,1H3;/q-1;+1. The van der Waals surface area contributed by atoms with Crippen LogP contribution in [0.5, 0.6) is 0 Å². The van der Waals surface area contributed by atoms with Gasteiger partial charge in [0.1, 0.15) is 0 Å². The Morgan fingerprint density at radius 3 is 2.00 bits per heavy atom. The van der Waals surface area contributed by atoms with Gasteiger partial charge in [0.2, 0.25) is 0 Å². The van der Waals surface area contributed by atoms with Crippen LogP contribution in [-0.4, -0.2) is 0 Å². The number of nitrogens with two attached hydrogens (primary N) is 1. The fourth-order valence-corrected chi connectivity index (χ4v) is 0. The molecule has 2 N–H and O–H groups in total. The van der Waals surface area contributed by atoms with Crippen LogP contribution in [0.4, 0.5) is 0 Å². The van der Waals surface area contributed by atoms with Gasteiger partial charge < -0.3 is 5.73 Å². The second kappa shape index (κ2) is 8.82. The van der Waals surface area contributed by atoms with E-state index in [1.807, 2.05) is 6.92 Å². The zero-order valence-corrected chi connectivity index (χ0v) is 3.86. The van der Waals surface area contributed by atoms with Crippen molar-refractivity contribution >= 4 is 0 Å². The third-order valence-electron chi connectivity index (χ3n) is 0.236. The minimum absolute atomic E-state index is 0. The Kier molecular flexibility index (Phi) is 16.1. The molecule has 0 saturated heterocycles. The average Bonchev–Trinajstić information content (AvgIpc) is 1.37. The molecule has 0 radical (unpaired) electrons. The molecular formula is C3H8LiN. The summed E-state index contributed by atoms with van der Waals surface area (Å²) in [6.07, 6.45) is 0.972. The van der Waals surface area contributed by atoms with Gasteiger partial charge in [0, 0.05) is 0 Å². The second-order valence-corrected chi connectivity index (χ2v) is 0.644. The summed E-state index contributed by atoms with van der Waals surface area (Å²) in [5, 5.41) is 0. The Morgan fingerprint density at radius 2 is 2.00 bits per heavy atom. The van der Waals surface area contributed by atoms with Crippen molar-refractivity contribution in [3.05, 3.63) is 6.54 Å². The maximum atomic E-state index is 4.90. The van der Waals surface area contributed by atoms with Crippen molar-refractivity contribution in [2.75, 3.05) is 0 Å². The van der Waals surface area contributed by atoms with Crippen LogP contribution < -0.4 is 24.6 Å². The van der Waals surface area contributed by atoms with Gasteiger partial charge in [-0.1, -0.05) is 6.92 Å². The summed E-state index contributed by atoms with van der Waals surface area (Å²) >= 11 is 0. The molecule has 0 heterocycles. The SMILES string of the molecule is CC[CH-]N.[Li+]. The van der Waals surface area contributed by atoms with Gasteiger partial charge in [0.05, 0.1) is 0 Å². The van der Waals surface area contributed by atoms with E-state index in [2.05, 4.69) is 0 Å². The van der Waals surface area contributed by atoms with Gasteiger partial charge >= 0.3 is 18.9 Å². The molecular weight excluding hydrogens is 57.0 g/mol. The summed E-state index contributed by atoms with van der Waals surface area (Å²) in [7, 11) is 0. The molecule has 0 aliphatic heterocycles. The third kappa shape index (κ3) is 12.3. The molecule has 0 spiro atoms. The summed E-state index contributed by atoms with van der Waals surface area (Å²) in [5.41, 5.74) is 4.90. The molecule has 0 atom stereocenters. The van der Waals surface area contributed by atoms with E-state index in [1.54, 1.807) is 6.54 Å². The Balaban J connectivity index is 0. The molecule has 26 valence electrons. The number of hydrogen-bond donors (Lipinski definition) is 1. The van der Waals surface area contributed by atoms with E-state index < -0.39 is 0 Å². The van der Waals surface area contributed by atoms with Crippen molar-refractivity contribution in [1.29, 1.82) is 0 Å². The van der Waals surface area contributed by atoms with E-state index in [-0.39, 0.29) is 18.9 Å². The summed E-state index contributed by atoms with van der Waals surface area (Å²) in [6.45, 7) is 3.62. The molecule has 0 aliphatic rings. The summed E-state index contributed by atoms with van der Waals surface area (Å²) in [4.78, 5) is 0. The normalized spacial score (nSPS) is 6.00. The van der Waals surface area contributed by atoms with Crippen molar-refractivity contribution < 1.29 is 18.9 Å². The van der Waals surface area contributed by atoms with E-state index in [0.29, 0.717) is 0 Å². The first kappa shape index (κ1) is 9.12. The number of hydrogen-bond acceptors (Lipinski definition) is 1. The van der Waals surface area contributed by atoms with E-state index in [1.165, 1.54) is 0 Å². The van der Waals surface area contributed by atoms with Crippen LogP contribution in [0.1, 0.15) is 13.3 Å². The molecule has 0 saturated carbocycles. The first-order chi connectivity index (χ1) is 1.91. The fourth-order valence-electron chi connectivity index (χ4n) is 0. The molecule has 0 aromatic heterocycles. The van der Waals surface area contributed by atoms with Crippen molar-refractivity contribution in [1.82, 2.24) is 0 Å². The Bertz CT molecular complexity index is 8.85. The van der Waals surface area contributed by atoms with Gasteiger partial charge in [-0.3, -0.25) is 6.54 Å². The van der Waals surface area contributed by atoms with Crippen LogP contribution in [0, 0.1) is 6.54 Å². The van der Waals surface area contributed by atoms with Crippen LogP contribution in [0.25, 0.3) is 0 Å². The summed E-state index contributed by atoms with van der Waals surface area (Å²) < 4.78 is 0. The van der Waals surface area contributed by atoms with Crippen LogP contribution >= 0.6 is 0 Å². The minimum atomic E-state index is 0. The minimum Gasteiger partial charge on any atom is -0.483 e. The topological polar surface area (TPSA) is 26.0 Å². The molecule has 0 bridgehead atoms. The maximum absolute atomic E-state index is 4.90. The smallest absolute Gasteiger partial charge is 0.483 e. The Hall–Kier alpha value is 0.557. The molecule has 0 aromatic carbocycles. The predicted octanol–water partition coefficient (Wildman–Crippen LogP) is -2.48. The monoisotopic (exact) mass is 65.1 g/mol. The second-order valence-electron chi connectivity index (χ2n) is 0.644. The molecule has 5 heavy (non-hydrogen) atoms. The maximum Gasteiger partial charge on any atom is 1.00 e. The van der Waals surface area contributed by atoms with E-state index >= 15 is 0 Å². The summed E-state index contributed by atoms with van der Waals surface area (Å²) in [6, 6.07) is 0. The molecule has 0 fully saturated rings. The predicted molar refractivity (Wildman–Crippen MR) is 18.8 cm³/mol. The zero-order valence-electron chi connectivity index (χ0n) is 3.86. The fraction of sp³-hybridized carbons (Fsp3) is 0.667. The van der Waals surface area contributed by atoms with Gasteiger partial charge in [0.15, 0.2) is 0 Å². The Labute approximate surface area is 45.1 Å². The van der Waals surface area contributed by atoms with Crippen molar-refractivity contribution in [2.24, 2.45) is 5.73 Å². The average molecular weight is 65.0 g/mol. The molecule has 0 amide bonds. The van der Waals surface area contributed by atoms with Gasteiger partial charge in [-0.15, -0.1) is 0 Å². The van der Waals surface area contributed by atoms with Gasteiger partial charge in [-0.25, -0.2) is 0 Å². The molecule has 1 nitrogen and oxygen atoms in total. The molecule has 2 heteroatoms. The molecule has 0 aliphatic carbocycles. The Morgan fingerprint density at radius 1 is 1.80 bits per heavy atom. The van der Waals surface area contributed by atoms with E-state index in [0.717, 1.165) is 6.42 Å². The first-order valence-corrected chi connectivity index (χ1v) is 1.45. The van der Waals surface area contributed by atoms with Gasteiger partial charge in [0.25, 0.3) is 0 Å². The van der Waals surface area contributed by atoms with Crippen molar-refractivity contribution in [2.45, 2.75) is 13.3 Å². The number of rotatable bonds is 1. The van der Waals surface area contributed by atoms with Crippen LogP contribution in [0.2, 0.25) is 0 Å². The van der Waals surface area contributed by atoms with Gasteiger partial charge in [-0.05, 0) is 0 Å². The van der Waals surface area contributed by atoms with Gasteiger partial charge in [-0.2, -0.15) is 6.42 Å². The molecule has 0 rings (SSSR count). The molecule has 0 unspecified atom stereocenters. The summed E-state index contributed by atoms with van der Waals surface area (Å²) in [5.74, 6) is 0. The third-order valence-corrected chi connectivity index (χ3v) is 0.236.